The van der Waals surface area contributed by atoms with Gasteiger partial charge < -0.3 is 10.3 Å². The molecular formula is C34H24N6O. The number of amides is 1. The molecule has 196 valence electrons. The number of H-pyrrole nitrogens is 1. The lowest BCUT2D eigenvalue weighted by Gasteiger charge is -2.13. The molecule has 1 fully saturated rings. The molecule has 0 saturated heterocycles. The minimum Gasteiger partial charge on any atom is -0.346 e. The molecule has 0 aliphatic heterocycles. The number of anilines is 1. The summed E-state index contributed by atoms with van der Waals surface area (Å²) >= 11 is 0. The van der Waals surface area contributed by atoms with Crippen molar-refractivity contribution in [2.75, 3.05) is 5.32 Å². The van der Waals surface area contributed by atoms with Crippen LogP contribution in [0.2, 0.25) is 0 Å². The second kappa shape index (κ2) is 10.2. The van der Waals surface area contributed by atoms with Crippen LogP contribution >= 0.6 is 0 Å². The number of hydrogen-bond acceptors (Lipinski definition) is 5. The first-order valence-electron chi connectivity index (χ1n) is 13.4. The number of rotatable bonds is 6. The maximum atomic E-state index is 12.7. The van der Waals surface area contributed by atoms with Crippen molar-refractivity contribution in [2.45, 2.75) is 6.42 Å². The second-order valence-corrected chi connectivity index (χ2v) is 10.1. The van der Waals surface area contributed by atoms with Gasteiger partial charge in [0.2, 0.25) is 5.91 Å². The van der Waals surface area contributed by atoms with Crippen LogP contribution < -0.4 is 5.32 Å². The van der Waals surface area contributed by atoms with E-state index in [4.69, 9.17) is 10.3 Å². The molecule has 7 nitrogen and oxygen atoms in total. The summed E-state index contributed by atoms with van der Waals surface area (Å²) in [6.07, 6.45) is 6.03. The minimum absolute atomic E-state index is 0.170. The zero-order valence-electron chi connectivity index (χ0n) is 22.0. The lowest BCUT2D eigenvalue weighted by atomic mass is 9.98. The van der Waals surface area contributed by atoms with Crippen molar-refractivity contribution in [2.24, 2.45) is 16.8 Å². The Morgan fingerprint density at radius 1 is 0.927 bits per heavy atom. The molecule has 1 amide bonds. The summed E-state index contributed by atoms with van der Waals surface area (Å²) in [5.41, 5.74) is 6.41. The van der Waals surface area contributed by atoms with Crippen molar-refractivity contribution < 1.29 is 4.79 Å². The molecule has 3 heterocycles. The van der Waals surface area contributed by atoms with Gasteiger partial charge in [0.15, 0.2) is 0 Å². The van der Waals surface area contributed by atoms with Crippen molar-refractivity contribution in [3.8, 4) is 17.2 Å². The van der Waals surface area contributed by atoms with Crippen LogP contribution in [0.25, 0.3) is 32.9 Å². The third-order valence-electron chi connectivity index (χ3n) is 7.46. The van der Waals surface area contributed by atoms with Gasteiger partial charge in [-0.3, -0.25) is 4.79 Å². The molecule has 41 heavy (non-hydrogen) atoms. The van der Waals surface area contributed by atoms with Gasteiger partial charge in [-0.15, -0.1) is 0 Å². The summed E-state index contributed by atoms with van der Waals surface area (Å²) in [7, 11) is 0. The third kappa shape index (κ3) is 4.72. The zero-order valence-corrected chi connectivity index (χ0v) is 22.0. The molecule has 0 spiro atoms. The number of nitrogens with zero attached hydrogens (tertiary/aromatic N) is 4. The fourth-order valence-electron chi connectivity index (χ4n) is 5.22. The summed E-state index contributed by atoms with van der Waals surface area (Å²) in [6.45, 7) is 0. The number of hydrogen-bond donors (Lipinski definition) is 2. The average molecular weight is 533 g/mol. The highest BCUT2D eigenvalue weighted by Crippen LogP contribution is 2.39. The number of pyridine rings is 2. The first-order valence-corrected chi connectivity index (χ1v) is 13.4. The predicted octanol–water partition coefficient (Wildman–Crippen LogP) is 7.05. The number of benzene rings is 3. The summed E-state index contributed by atoms with van der Waals surface area (Å²) in [4.78, 5) is 30.2. The van der Waals surface area contributed by atoms with Gasteiger partial charge in [0, 0.05) is 40.5 Å². The van der Waals surface area contributed by atoms with Gasteiger partial charge >= 0.3 is 0 Å². The molecule has 0 radical (unpaired) electrons. The fourth-order valence-corrected chi connectivity index (χ4v) is 5.22. The highest BCUT2D eigenvalue weighted by molar-refractivity contribution is 6.15. The first-order chi connectivity index (χ1) is 20.2. The number of nitriles is 1. The quantitative estimate of drug-likeness (QED) is 0.224. The van der Waals surface area contributed by atoms with Gasteiger partial charge in [0.25, 0.3) is 0 Å². The lowest BCUT2D eigenvalue weighted by Crippen LogP contribution is -2.15. The Labute approximate surface area is 236 Å². The van der Waals surface area contributed by atoms with Crippen molar-refractivity contribution in [3.05, 3.63) is 121 Å². The number of carbonyl (C=O) groups excluding carboxylic acids is 1. The van der Waals surface area contributed by atoms with E-state index in [1.165, 1.54) is 0 Å². The summed E-state index contributed by atoms with van der Waals surface area (Å²) in [5.74, 6) is -0.211. The molecule has 3 aromatic carbocycles. The van der Waals surface area contributed by atoms with E-state index in [0.29, 0.717) is 12.2 Å². The maximum absolute atomic E-state index is 12.7. The molecule has 1 aliphatic rings. The molecule has 7 heteroatoms. The molecule has 0 bridgehead atoms. The normalized spacial score (nSPS) is 15.8. The van der Waals surface area contributed by atoms with Gasteiger partial charge in [0.05, 0.1) is 29.3 Å². The molecule has 2 atom stereocenters. The molecule has 2 N–H and O–H groups in total. The van der Waals surface area contributed by atoms with Crippen LogP contribution in [-0.2, 0) is 4.79 Å². The number of aliphatic imine (C=N–C) groups is 1. The highest BCUT2D eigenvalue weighted by atomic mass is 16.2. The number of nitrogens with one attached hydrogen (secondary N) is 2. The van der Waals surface area contributed by atoms with E-state index in [1.807, 2.05) is 60.8 Å². The third-order valence-corrected chi connectivity index (χ3v) is 7.46. The van der Waals surface area contributed by atoms with Crippen LogP contribution in [0.3, 0.4) is 0 Å². The Balaban J connectivity index is 1.42. The largest absolute Gasteiger partial charge is 0.346 e. The Bertz CT molecular complexity index is 1950. The Morgan fingerprint density at radius 3 is 2.39 bits per heavy atom. The van der Waals surface area contributed by atoms with E-state index in [9.17, 15) is 4.79 Å². The molecule has 1 aliphatic carbocycles. The van der Waals surface area contributed by atoms with E-state index in [2.05, 4.69) is 62.7 Å². The molecule has 0 unspecified atom stereocenters. The Kier molecular flexibility index (Phi) is 6.06. The standard InChI is InChI=1S/C34H24N6O/c35-19-25-16-28(25)34(41)40-31-18-24-15-23(26-11-13-36-33-27(26)12-14-37-33)17-30(29(24)20-38-31)39-32(21-7-3-1-4-8-21)22-9-5-2-6-10-22/h1-15,17-18,20,25,28H,16H2,(H,36,37)(H,38,40,41)/t25-,28+/m1/s1. The van der Waals surface area contributed by atoms with Crippen LogP contribution in [0.5, 0.6) is 0 Å². The number of carbonyl (C=O) groups is 1. The van der Waals surface area contributed by atoms with Crippen LogP contribution in [0.4, 0.5) is 11.5 Å². The topological polar surface area (TPSA) is 107 Å². The van der Waals surface area contributed by atoms with Gasteiger partial charge in [0.1, 0.15) is 11.5 Å². The SMILES string of the molecule is N#C[C@H]1C[C@@H]1C(=O)Nc1cc2cc(-c3ccnc4[nH]ccc34)cc(N=C(c3ccccc3)c3ccccc3)c2cn1. The molecule has 7 rings (SSSR count). The summed E-state index contributed by atoms with van der Waals surface area (Å²) in [6, 6.07) is 32.5. The van der Waals surface area contributed by atoms with Crippen molar-refractivity contribution >= 4 is 44.9 Å². The predicted molar refractivity (Wildman–Crippen MR) is 161 cm³/mol. The van der Waals surface area contributed by atoms with Crippen LogP contribution in [-0.4, -0.2) is 26.6 Å². The second-order valence-electron chi connectivity index (χ2n) is 10.1. The first kappa shape index (κ1) is 24.4. The lowest BCUT2D eigenvalue weighted by molar-refractivity contribution is -0.117. The van der Waals surface area contributed by atoms with Crippen LogP contribution in [0, 0.1) is 23.2 Å². The number of aromatic nitrogens is 3. The van der Waals surface area contributed by atoms with E-state index in [-0.39, 0.29) is 17.7 Å². The Hall–Kier alpha value is -5.61. The van der Waals surface area contributed by atoms with E-state index >= 15 is 0 Å². The van der Waals surface area contributed by atoms with E-state index < -0.39 is 0 Å². The molecule has 1 saturated carbocycles. The van der Waals surface area contributed by atoms with Gasteiger partial charge in [-0.25, -0.2) is 15.0 Å². The summed E-state index contributed by atoms with van der Waals surface area (Å²) < 4.78 is 0. The van der Waals surface area contributed by atoms with Gasteiger partial charge in [-0.2, -0.15) is 5.26 Å². The van der Waals surface area contributed by atoms with Gasteiger partial charge in [-0.1, -0.05) is 60.7 Å². The van der Waals surface area contributed by atoms with Crippen molar-refractivity contribution in [1.82, 2.24) is 15.0 Å². The van der Waals surface area contributed by atoms with E-state index in [1.54, 1.807) is 12.4 Å². The zero-order chi connectivity index (χ0) is 27.8. The average Bonchev–Trinajstić information content (AvgIpc) is 3.66. The van der Waals surface area contributed by atoms with Crippen LogP contribution in [0.15, 0.2) is 115 Å². The molecular weight excluding hydrogens is 508 g/mol. The van der Waals surface area contributed by atoms with Crippen LogP contribution in [0.1, 0.15) is 17.5 Å². The minimum atomic E-state index is -0.276. The monoisotopic (exact) mass is 532 g/mol. The summed E-state index contributed by atoms with van der Waals surface area (Å²) in [5, 5.41) is 14.8. The van der Waals surface area contributed by atoms with Gasteiger partial charge in [-0.05, 0) is 53.3 Å². The van der Waals surface area contributed by atoms with Crippen molar-refractivity contribution in [1.29, 1.82) is 5.26 Å². The van der Waals surface area contributed by atoms with E-state index in [0.717, 1.165) is 55.5 Å². The molecule has 3 aromatic heterocycles. The smallest absolute Gasteiger partial charge is 0.230 e. The Morgan fingerprint density at radius 2 is 1.68 bits per heavy atom. The molecule has 6 aromatic rings. The maximum Gasteiger partial charge on any atom is 0.230 e. The van der Waals surface area contributed by atoms with Crippen molar-refractivity contribution in [3.63, 3.8) is 0 Å². The number of fused-ring (bicyclic) bond motifs is 2. The fraction of sp³-hybridized carbons (Fsp3) is 0.0882. The highest BCUT2D eigenvalue weighted by Gasteiger charge is 2.43. The number of aromatic amines is 1.